The lowest BCUT2D eigenvalue weighted by atomic mass is 10.2. The Labute approximate surface area is 88.1 Å². The monoisotopic (exact) mass is 210 g/mol. The number of likely N-dealkylation sites (N-methyl/N-ethyl adjacent to an activating group) is 1. The topological polar surface area (TPSA) is 66.6 Å². The Bertz CT molecular complexity index is 352. The highest BCUT2D eigenvalue weighted by atomic mass is 16.6. The van der Waals surface area contributed by atoms with Crippen molar-refractivity contribution < 1.29 is 10.0 Å². The van der Waals surface area contributed by atoms with E-state index in [1.807, 2.05) is 0 Å². The molecule has 1 aromatic carbocycles. The van der Waals surface area contributed by atoms with Gasteiger partial charge in [0.05, 0.1) is 11.0 Å². The highest BCUT2D eigenvalue weighted by Gasteiger charge is 2.09. The fourth-order valence-electron chi connectivity index (χ4n) is 1.35. The normalized spacial score (nSPS) is 12.2. The van der Waals surface area contributed by atoms with Gasteiger partial charge in [-0.3, -0.25) is 10.1 Å². The molecule has 1 aromatic rings. The highest BCUT2D eigenvalue weighted by molar-refractivity contribution is 5.52. The van der Waals surface area contributed by atoms with Crippen molar-refractivity contribution in [3.8, 4) is 0 Å². The van der Waals surface area contributed by atoms with Crippen LogP contribution in [0.5, 0.6) is 0 Å². The maximum atomic E-state index is 10.5. The van der Waals surface area contributed by atoms with Crippen molar-refractivity contribution in [3.05, 3.63) is 34.4 Å². The number of hydrogen-bond acceptors (Lipinski definition) is 4. The molecule has 0 radical (unpaired) electrons. The fraction of sp³-hybridized carbons (Fsp3) is 0.400. The Kier molecular flexibility index (Phi) is 3.62. The van der Waals surface area contributed by atoms with Crippen molar-refractivity contribution in [1.29, 1.82) is 0 Å². The first-order valence-electron chi connectivity index (χ1n) is 4.64. The summed E-state index contributed by atoms with van der Waals surface area (Å²) in [7, 11) is 1.78. The van der Waals surface area contributed by atoms with Gasteiger partial charge < -0.3 is 10.0 Å². The minimum absolute atomic E-state index is 0.0601. The van der Waals surface area contributed by atoms with Gasteiger partial charge in [0.15, 0.2) is 0 Å². The van der Waals surface area contributed by atoms with E-state index >= 15 is 0 Å². The summed E-state index contributed by atoms with van der Waals surface area (Å²) in [5, 5.41) is 19.7. The molecule has 1 atom stereocenters. The Morgan fingerprint density at radius 3 is 2.80 bits per heavy atom. The van der Waals surface area contributed by atoms with Gasteiger partial charge in [0, 0.05) is 31.4 Å². The zero-order valence-electron chi connectivity index (χ0n) is 8.75. The molecule has 1 unspecified atom stereocenters. The fourth-order valence-corrected chi connectivity index (χ4v) is 1.35. The smallest absolute Gasteiger partial charge is 0.271 e. The van der Waals surface area contributed by atoms with Crippen LogP contribution in [0.4, 0.5) is 11.4 Å². The van der Waals surface area contributed by atoms with Crippen molar-refractivity contribution in [3.63, 3.8) is 0 Å². The molecule has 1 N–H and O–H groups in total. The lowest BCUT2D eigenvalue weighted by Gasteiger charge is -2.20. The van der Waals surface area contributed by atoms with Crippen molar-refractivity contribution in [2.75, 3.05) is 18.5 Å². The molecule has 0 saturated carbocycles. The predicted octanol–water partition coefficient (Wildman–Crippen LogP) is 1.41. The van der Waals surface area contributed by atoms with Crippen LogP contribution in [0.1, 0.15) is 6.92 Å². The lowest BCUT2D eigenvalue weighted by molar-refractivity contribution is -0.384. The second-order valence-corrected chi connectivity index (χ2v) is 3.51. The van der Waals surface area contributed by atoms with E-state index < -0.39 is 11.0 Å². The summed E-state index contributed by atoms with van der Waals surface area (Å²) in [6, 6.07) is 6.34. The molecule has 0 heterocycles. The largest absolute Gasteiger partial charge is 0.392 e. The Morgan fingerprint density at radius 2 is 2.27 bits per heavy atom. The lowest BCUT2D eigenvalue weighted by Crippen LogP contribution is -2.26. The molecule has 0 aliphatic heterocycles. The summed E-state index contributed by atoms with van der Waals surface area (Å²) in [4.78, 5) is 11.9. The Balaban J connectivity index is 2.85. The van der Waals surface area contributed by atoms with Crippen LogP contribution in [0.15, 0.2) is 24.3 Å². The van der Waals surface area contributed by atoms with Crippen LogP contribution in [0, 0.1) is 10.1 Å². The third-order valence-electron chi connectivity index (χ3n) is 2.02. The zero-order valence-corrected chi connectivity index (χ0v) is 8.75. The van der Waals surface area contributed by atoms with Crippen LogP contribution in [-0.2, 0) is 0 Å². The average molecular weight is 210 g/mol. The first-order valence-corrected chi connectivity index (χ1v) is 4.64. The van der Waals surface area contributed by atoms with Gasteiger partial charge in [-0.15, -0.1) is 0 Å². The first-order chi connectivity index (χ1) is 7.00. The molecule has 82 valence electrons. The highest BCUT2D eigenvalue weighted by Crippen LogP contribution is 2.19. The molecule has 0 aliphatic rings. The number of anilines is 1. The Hall–Kier alpha value is -1.62. The summed E-state index contributed by atoms with van der Waals surface area (Å²) >= 11 is 0. The third-order valence-corrected chi connectivity index (χ3v) is 2.02. The van der Waals surface area contributed by atoms with Crippen LogP contribution in [0.2, 0.25) is 0 Å². The van der Waals surface area contributed by atoms with E-state index in [0.717, 1.165) is 5.69 Å². The number of non-ortho nitro benzene ring substituents is 1. The molecule has 0 aromatic heterocycles. The SMILES string of the molecule is CC(O)CN(C)c1cccc([N+](=O)[O-])c1. The number of aliphatic hydroxyl groups excluding tert-OH is 1. The second kappa shape index (κ2) is 4.75. The van der Waals surface area contributed by atoms with Crippen molar-refractivity contribution in [2.45, 2.75) is 13.0 Å². The van der Waals surface area contributed by atoms with Crippen molar-refractivity contribution in [1.82, 2.24) is 0 Å². The van der Waals surface area contributed by atoms with Gasteiger partial charge in [0.1, 0.15) is 0 Å². The molecule has 0 fully saturated rings. The molecule has 0 spiro atoms. The number of nitrogens with zero attached hydrogens (tertiary/aromatic N) is 2. The van der Waals surface area contributed by atoms with Crippen LogP contribution < -0.4 is 4.90 Å². The molecule has 15 heavy (non-hydrogen) atoms. The van der Waals surface area contributed by atoms with E-state index in [9.17, 15) is 15.2 Å². The number of benzene rings is 1. The van der Waals surface area contributed by atoms with E-state index in [1.54, 1.807) is 31.0 Å². The van der Waals surface area contributed by atoms with E-state index in [1.165, 1.54) is 12.1 Å². The quantitative estimate of drug-likeness (QED) is 0.602. The predicted molar refractivity (Wildman–Crippen MR) is 58.0 cm³/mol. The van der Waals surface area contributed by atoms with E-state index in [0.29, 0.717) is 6.54 Å². The second-order valence-electron chi connectivity index (χ2n) is 3.51. The number of aliphatic hydroxyl groups is 1. The molecule has 0 aliphatic carbocycles. The number of nitro groups is 1. The minimum atomic E-state index is -0.464. The third kappa shape index (κ3) is 3.21. The molecular formula is C10H14N2O3. The maximum Gasteiger partial charge on any atom is 0.271 e. The van der Waals surface area contributed by atoms with Gasteiger partial charge >= 0.3 is 0 Å². The van der Waals surface area contributed by atoms with E-state index in [-0.39, 0.29) is 5.69 Å². The summed E-state index contributed by atoms with van der Waals surface area (Å²) < 4.78 is 0. The van der Waals surface area contributed by atoms with Gasteiger partial charge in [-0.25, -0.2) is 0 Å². The molecule has 0 bridgehead atoms. The first kappa shape index (κ1) is 11.5. The standard InChI is InChI=1S/C10H14N2O3/c1-8(13)7-11(2)9-4-3-5-10(6-9)12(14)15/h3-6,8,13H,7H2,1-2H3. The van der Waals surface area contributed by atoms with Gasteiger partial charge in [-0.1, -0.05) is 6.07 Å². The van der Waals surface area contributed by atoms with Gasteiger partial charge in [0.2, 0.25) is 0 Å². The molecule has 1 rings (SSSR count). The molecule has 5 nitrogen and oxygen atoms in total. The van der Waals surface area contributed by atoms with E-state index in [2.05, 4.69) is 0 Å². The van der Waals surface area contributed by atoms with Crippen LogP contribution in [0.3, 0.4) is 0 Å². The average Bonchev–Trinajstić information content (AvgIpc) is 2.17. The van der Waals surface area contributed by atoms with Crippen molar-refractivity contribution in [2.24, 2.45) is 0 Å². The van der Waals surface area contributed by atoms with Crippen LogP contribution in [0.25, 0.3) is 0 Å². The zero-order chi connectivity index (χ0) is 11.4. The number of nitro benzene ring substituents is 1. The number of rotatable bonds is 4. The molecule has 0 saturated heterocycles. The maximum absolute atomic E-state index is 10.5. The molecular weight excluding hydrogens is 196 g/mol. The number of hydrogen-bond donors (Lipinski definition) is 1. The van der Waals surface area contributed by atoms with Crippen molar-refractivity contribution >= 4 is 11.4 Å². The van der Waals surface area contributed by atoms with E-state index in [4.69, 9.17) is 0 Å². The summed E-state index contributed by atoms with van der Waals surface area (Å²) in [6.45, 7) is 2.12. The summed E-state index contributed by atoms with van der Waals surface area (Å²) in [5.74, 6) is 0. The summed E-state index contributed by atoms with van der Waals surface area (Å²) in [6.07, 6.45) is -0.464. The van der Waals surface area contributed by atoms with Crippen LogP contribution >= 0.6 is 0 Å². The van der Waals surface area contributed by atoms with Crippen LogP contribution in [-0.4, -0.2) is 29.7 Å². The van der Waals surface area contributed by atoms with Gasteiger partial charge in [-0.05, 0) is 13.0 Å². The Morgan fingerprint density at radius 1 is 1.60 bits per heavy atom. The molecule has 0 amide bonds. The summed E-state index contributed by atoms with van der Waals surface area (Å²) in [5.41, 5.74) is 0.787. The van der Waals surface area contributed by atoms with Gasteiger partial charge in [0.25, 0.3) is 5.69 Å². The molecule has 5 heteroatoms. The minimum Gasteiger partial charge on any atom is -0.392 e. The van der Waals surface area contributed by atoms with Gasteiger partial charge in [-0.2, -0.15) is 0 Å².